The van der Waals surface area contributed by atoms with E-state index in [0.717, 1.165) is 88.1 Å². The average molecular weight is 655 g/mol. The lowest BCUT2D eigenvalue weighted by Crippen LogP contribution is -2.01. The number of fused-ring (bicyclic) bond motifs is 9. The zero-order chi connectivity index (χ0) is 33.5. The molecule has 0 aliphatic heterocycles. The second kappa shape index (κ2) is 10.7. The molecule has 4 heterocycles. The zero-order valence-electron chi connectivity index (χ0n) is 27.1. The van der Waals surface area contributed by atoms with Crippen molar-refractivity contribution in [3.8, 4) is 39.9 Å². The highest BCUT2D eigenvalue weighted by Gasteiger charge is 2.21. The summed E-state index contributed by atoms with van der Waals surface area (Å²) in [5, 5.41) is 6.28. The van der Waals surface area contributed by atoms with Crippen molar-refractivity contribution in [1.82, 2.24) is 19.5 Å². The number of para-hydroxylation sites is 4. The van der Waals surface area contributed by atoms with Gasteiger partial charge in [0.25, 0.3) is 0 Å². The van der Waals surface area contributed by atoms with Crippen molar-refractivity contribution in [1.29, 1.82) is 0 Å². The molecule has 7 aromatic carbocycles. The summed E-state index contributed by atoms with van der Waals surface area (Å²) in [5.41, 5.74) is 9.27. The van der Waals surface area contributed by atoms with Crippen molar-refractivity contribution >= 4 is 65.7 Å². The zero-order valence-corrected chi connectivity index (χ0v) is 27.1. The van der Waals surface area contributed by atoms with Gasteiger partial charge in [-0.25, -0.2) is 15.0 Å². The number of nitrogens with zero attached hydrogens (tertiary/aromatic N) is 4. The first-order valence-electron chi connectivity index (χ1n) is 16.9. The Labute approximate surface area is 290 Å². The molecule has 0 saturated carbocycles. The van der Waals surface area contributed by atoms with Crippen LogP contribution in [-0.4, -0.2) is 19.5 Å². The van der Waals surface area contributed by atoms with E-state index in [1.807, 2.05) is 66.7 Å². The van der Waals surface area contributed by atoms with Gasteiger partial charge in [-0.1, -0.05) is 97.1 Å². The standard InChI is InChI=1S/C45H26N4O2/c1-2-12-28(13-3-1)49-35-19-7-4-15-30(35)41-32(17-10-20-36(41)49)44-46-43(27-24-25-39-34(26-27)29-14-5-8-21-37(29)50-39)47-45(48-44)33-18-11-23-40-42(33)31-16-6-9-22-38(31)51-40/h1-26H. The lowest BCUT2D eigenvalue weighted by atomic mass is 10.0. The SMILES string of the molecule is c1ccc(-n2c3ccccc3c3c(-c4nc(-c5ccc6oc7ccccc7c6c5)nc(-c5cccc6oc7ccccc7c56)n4)cccc32)cc1. The topological polar surface area (TPSA) is 69.9 Å². The maximum Gasteiger partial charge on any atom is 0.164 e. The van der Waals surface area contributed by atoms with Gasteiger partial charge in [-0.3, -0.25) is 0 Å². The highest BCUT2D eigenvalue weighted by Crippen LogP contribution is 2.40. The van der Waals surface area contributed by atoms with Gasteiger partial charge >= 0.3 is 0 Å². The van der Waals surface area contributed by atoms with Crippen LogP contribution in [0.2, 0.25) is 0 Å². The first-order valence-corrected chi connectivity index (χ1v) is 16.9. The van der Waals surface area contributed by atoms with Crippen molar-refractivity contribution in [3.05, 3.63) is 158 Å². The normalized spacial score (nSPS) is 11.9. The van der Waals surface area contributed by atoms with Crippen LogP contribution in [-0.2, 0) is 0 Å². The van der Waals surface area contributed by atoms with Gasteiger partial charge in [-0.2, -0.15) is 0 Å². The average Bonchev–Trinajstić information content (AvgIpc) is 3.87. The minimum atomic E-state index is 0.577. The summed E-state index contributed by atoms with van der Waals surface area (Å²) in [6.07, 6.45) is 0. The van der Waals surface area contributed by atoms with Crippen molar-refractivity contribution in [2.45, 2.75) is 0 Å². The second-order valence-electron chi connectivity index (χ2n) is 12.8. The lowest BCUT2D eigenvalue weighted by molar-refractivity contribution is 0.668. The number of rotatable bonds is 4. The van der Waals surface area contributed by atoms with Gasteiger partial charge in [-0.05, 0) is 60.7 Å². The van der Waals surface area contributed by atoms with Crippen LogP contribution in [0.25, 0.3) is 106 Å². The molecule has 0 N–H and O–H groups in total. The fourth-order valence-corrected chi connectivity index (χ4v) is 7.63. The molecule has 6 nitrogen and oxygen atoms in total. The van der Waals surface area contributed by atoms with Crippen molar-refractivity contribution in [2.24, 2.45) is 0 Å². The predicted octanol–water partition coefficient (Wildman–Crippen LogP) is 11.8. The fourth-order valence-electron chi connectivity index (χ4n) is 7.63. The van der Waals surface area contributed by atoms with Crippen molar-refractivity contribution < 1.29 is 8.83 Å². The van der Waals surface area contributed by atoms with Gasteiger partial charge < -0.3 is 13.4 Å². The Morgan fingerprint density at radius 3 is 1.76 bits per heavy atom. The smallest absolute Gasteiger partial charge is 0.164 e. The summed E-state index contributed by atoms with van der Waals surface area (Å²) in [5.74, 6) is 1.75. The largest absolute Gasteiger partial charge is 0.456 e. The second-order valence-corrected chi connectivity index (χ2v) is 12.8. The molecule has 238 valence electrons. The van der Waals surface area contributed by atoms with Gasteiger partial charge in [0.15, 0.2) is 17.5 Å². The number of aromatic nitrogens is 4. The highest BCUT2D eigenvalue weighted by atomic mass is 16.3. The third-order valence-corrected chi connectivity index (χ3v) is 9.87. The van der Waals surface area contributed by atoms with E-state index in [-0.39, 0.29) is 0 Å². The molecular weight excluding hydrogens is 629 g/mol. The quantitative estimate of drug-likeness (QED) is 0.189. The maximum atomic E-state index is 6.29. The molecule has 11 rings (SSSR count). The first-order chi connectivity index (χ1) is 25.3. The molecule has 6 heteroatoms. The molecule has 0 radical (unpaired) electrons. The molecule has 51 heavy (non-hydrogen) atoms. The van der Waals surface area contributed by atoms with Gasteiger partial charge in [0.1, 0.15) is 22.3 Å². The summed E-state index contributed by atoms with van der Waals surface area (Å²) in [6.45, 7) is 0. The van der Waals surface area contributed by atoms with Crippen molar-refractivity contribution in [2.75, 3.05) is 0 Å². The van der Waals surface area contributed by atoms with Crippen molar-refractivity contribution in [3.63, 3.8) is 0 Å². The minimum Gasteiger partial charge on any atom is -0.456 e. The number of hydrogen-bond acceptors (Lipinski definition) is 5. The molecular formula is C45H26N4O2. The molecule has 0 amide bonds. The molecule has 0 unspecified atom stereocenters. The third kappa shape index (κ3) is 4.20. The van der Waals surface area contributed by atoms with Crippen LogP contribution in [0.1, 0.15) is 0 Å². The minimum absolute atomic E-state index is 0.577. The summed E-state index contributed by atoms with van der Waals surface area (Å²) < 4.78 is 14.8. The maximum absolute atomic E-state index is 6.29. The van der Waals surface area contributed by atoms with Crippen LogP contribution in [0.4, 0.5) is 0 Å². The molecule has 0 aliphatic rings. The van der Waals surface area contributed by atoms with E-state index >= 15 is 0 Å². The summed E-state index contributed by atoms with van der Waals surface area (Å²) in [6, 6.07) is 53.8. The van der Waals surface area contributed by atoms with E-state index in [9.17, 15) is 0 Å². The van der Waals surface area contributed by atoms with E-state index < -0.39 is 0 Å². The third-order valence-electron chi connectivity index (χ3n) is 9.87. The van der Waals surface area contributed by atoms with Crippen LogP contribution in [0.5, 0.6) is 0 Å². The van der Waals surface area contributed by atoms with Crippen LogP contribution >= 0.6 is 0 Å². The summed E-state index contributed by atoms with van der Waals surface area (Å²) in [7, 11) is 0. The van der Waals surface area contributed by atoms with Gasteiger partial charge in [-0.15, -0.1) is 0 Å². The summed E-state index contributed by atoms with van der Waals surface area (Å²) >= 11 is 0. The Morgan fingerprint density at radius 1 is 0.373 bits per heavy atom. The van der Waals surface area contributed by atoms with Crippen LogP contribution in [0, 0.1) is 0 Å². The van der Waals surface area contributed by atoms with E-state index in [1.54, 1.807) is 0 Å². The van der Waals surface area contributed by atoms with Gasteiger partial charge in [0.2, 0.25) is 0 Å². The Bertz CT molecular complexity index is 3150. The molecule has 0 aliphatic carbocycles. The van der Waals surface area contributed by atoms with E-state index in [0.29, 0.717) is 17.5 Å². The Morgan fingerprint density at radius 2 is 0.941 bits per heavy atom. The number of hydrogen-bond donors (Lipinski definition) is 0. The Balaban J connectivity index is 1.22. The molecule has 0 saturated heterocycles. The molecule has 11 aromatic rings. The Hall–Kier alpha value is -7.05. The lowest BCUT2D eigenvalue weighted by Gasteiger charge is -2.11. The van der Waals surface area contributed by atoms with E-state index in [2.05, 4.69) is 95.6 Å². The van der Waals surface area contributed by atoms with Gasteiger partial charge in [0, 0.05) is 54.7 Å². The summed E-state index contributed by atoms with van der Waals surface area (Å²) in [4.78, 5) is 15.7. The van der Waals surface area contributed by atoms with Crippen LogP contribution < -0.4 is 0 Å². The molecule has 0 atom stereocenters. The van der Waals surface area contributed by atoms with Gasteiger partial charge in [0.05, 0.1) is 11.0 Å². The van der Waals surface area contributed by atoms with E-state index in [4.69, 9.17) is 23.8 Å². The van der Waals surface area contributed by atoms with Crippen LogP contribution in [0.3, 0.4) is 0 Å². The fraction of sp³-hybridized carbons (Fsp3) is 0. The monoisotopic (exact) mass is 654 g/mol. The predicted molar refractivity (Wildman–Crippen MR) is 205 cm³/mol. The molecule has 0 fully saturated rings. The highest BCUT2D eigenvalue weighted by molar-refractivity contribution is 6.16. The Kier molecular flexibility index (Phi) is 5.86. The first kappa shape index (κ1) is 27.9. The van der Waals surface area contributed by atoms with E-state index in [1.165, 1.54) is 0 Å². The molecule has 4 aromatic heterocycles. The van der Waals surface area contributed by atoms with Crippen LogP contribution in [0.15, 0.2) is 167 Å². The molecule has 0 bridgehead atoms. The number of benzene rings is 7. The number of furan rings is 2. The molecule has 0 spiro atoms.